The summed E-state index contributed by atoms with van der Waals surface area (Å²) in [6.07, 6.45) is 1.87. The Balaban J connectivity index is 1.42. The van der Waals surface area contributed by atoms with Gasteiger partial charge in [-0.2, -0.15) is 0 Å². The molecule has 2 heterocycles. The number of carbonyl (C=O) groups excluding carboxylic acids is 1. The summed E-state index contributed by atoms with van der Waals surface area (Å²) in [4.78, 5) is 30.3. The van der Waals surface area contributed by atoms with Crippen molar-refractivity contribution in [2.24, 2.45) is 4.99 Å². The lowest BCUT2D eigenvalue weighted by Crippen LogP contribution is -2.12. The third-order valence-corrected chi connectivity index (χ3v) is 8.53. The summed E-state index contributed by atoms with van der Waals surface area (Å²) in [6.45, 7) is 5.92. The lowest BCUT2D eigenvalue weighted by atomic mass is 10.2. The first-order chi connectivity index (χ1) is 20.2. The molecular formula is C32H27N3O5S2. The number of para-hydroxylation sites is 1. The van der Waals surface area contributed by atoms with E-state index in [1.54, 1.807) is 19.1 Å². The molecule has 1 aromatic heterocycles. The Morgan fingerprint density at radius 2 is 1.69 bits per heavy atom. The van der Waals surface area contributed by atoms with Crippen molar-refractivity contribution in [2.45, 2.75) is 30.6 Å². The average Bonchev–Trinajstić information content (AvgIpc) is 3.43. The van der Waals surface area contributed by atoms with E-state index in [9.17, 15) is 20.0 Å². The van der Waals surface area contributed by atoms with Crippen molar-refractivity contribution < 1.29 is 19.6 Å². The summed E-state index contributed by atoms with van der Waals surface area (Å²) in [5, 5.41) is 22.4. The van der Waals surface area contributed by atoms with Crippen LogP contribution >= 0.6 is 23.5 Å². The molecule has 0 radical (unpaired) electrons. The highest BCUT2D eigenvalue weighted by molar-refractivity contribution is 8.18. The second kappa shape index (κ2) is 12.5. The number of aryl methyl sites for hydroxylation is 1. The van der Waals surface area contributed by atoms with Crippen LogP contribution in [0.15, 0.2) is 116 Å². The number of non-ortho nitro benzene ring substituents is 1. The van der Waals surface area contributed by atoms with Gasteiger partial charge in [0.1, 0.15) is 16.4 Å². The number of carbonyl (C=O) groups is 1. The molecule has 0 amide bonds. The van der Waals surface area contributed by atoms with Crippen LogP contribution in [0.3, 0.4) is 0 Å². The molecule has 0 saturated carbocycles. The van der Waals surface area contributed by atoms with Crippen LogP contribution in [-0.2, 0) is 9.53 Å². The van der Waals surface area contributed by atoms with E-state index in [1.165, 1.54) is 35.7 Å². The maximum absolute atomic E-state index is 12.8. The lowest BCUT2D eigenvalue weighted by Gasteiger charge is -2.11. The van der Waals surface area contributed by atoms with Gasteiger partial charge in [-0.1, -0.05) is 41.7 Å². The second-order valence-corrected chi connectivity index (χ2v) is 11.5. The van der Waals surface area contributed by atoms with Gasteiger partial charge in [0.25, 0.3) is 5.69 Å². The first-order valence-corrected chi connectivity index (χ1v) is 14.7. The van der Waals surface area contributed by atoms with E-state index in [1.807, 2.05) is 80.6 Å². The van der Waals surface area contributed by atoms with E-state index in [0.717, 1.165) is 32.4 Å². The molecule has 1 aliphatic heterocycles. The van der Waals surface area contributed by atoms with E-state index in [0.29, 0.717) is 15.6 Å². The first kappa shape index (κ1) is 29.0. The van der Waals surface area contributed by atoms with Crippen LogP contribution in [0.1, 0.15) is 23.9 Å². The van der Waals surface area contributed by atoms with E-state index in [2.05, 4.69) is 9.56 Å². The number of aliphatic imine (C=N–C) groups is 1. The molecule has 0 unspecified atom stereocenters. The summed E-state index contributed by atoms with van der Waals surface area (Å²) < 4.78 is 7.34. The van der Waals surface area contributed by atoms with Gasteiger partial charge >= 0.3 is 5.97 Å². The molecule has 0 saturated heterocycles. The molecule has 42 heavy (non-hydrogen) atoms. The molecule has 10 heteroatoms. The van der Waals surface area contributed by atoms with Gasteiger partial charge in [0.05, 0.1) is 22.1 Å². The van der Waals surface area contributed by atoms with Crippen molar-refractivity contribution in [1.82, 2.24) is 4.57 Å². The second-order valence-electron chi connectivity index (χ2n) is 9.32. The number of aliphatic hydroxyl groups excluding tert-OH is 1. The topological polar surface area (TPSA) is 107 Å². The lowest BCUT2D eigenvalue weighted by molar-refractivity contribution is -0.384. The Hall–Kier alpha value is -4.54. The average molecular weight is 598 g/mol. The van der Waals surface area contributed by atoms with Gasteiger partial charge in [0, 0.05) is 39.0 Å². The zero-order valence-corrected chi connectivity index (χ0v) is 24.7. The number of thioether (sulfide) groups is 1. The number of aromatic nitrogens is 1. The van der Waals surface area contributed by atoms with E-state index >= 15 is 0 Å². The summed E-state index contributed by atoms with van der Waals surface area (Å²) in [7, 11) is 0. The summed E-state index contributed by atoms with van der Waals surface area (Å²) in [5.74, 6) is -0.761. The fraction of sp³-hybridized carbons (Fsp3) is 0.125. The minimum atomic E-state index is -0.613. The fourth-order valence-electron chi connectivity index (χ4n) is 4.52. The van der Waals surface area contributed by atoms with Crippen molar-refractivity contribution in [3.63, 3.8) is 0 Å². The molecule has 212 valence electrons. The predicted octanol–water partition coefficient (Wildman–Crippen LogP) is 8.35. The number of nitrogens with zero attached hydrogens (tertiary/aromatic N) is 3. The molecule has 5 rings (SSSR count). The van der Waals surface area contributed by atoms with Crippen molar-refractivity contribution in [3.8, 4) is 5.69 Å². The Morgan fingerprint density at radius 1 is 1.05 bits per heavy atom. The highest BCUT2D eigenvalue weighted by atomic mass is 32.2. The maximum atomic E-state index is 12.8. The van der Waals surface area contributed by atoms with Crippen LogP contribution in [0.4, 0.5) is 11.4 Å². The van der Waals surface area contributed by atoms with Crippen LogP contribution in [0.5, 0.6) is 0 Å². The highest BCUT2D eigenvalue weighted by Gasteiger charge is 2.33. The molecule has 0 spiro atoms. The Kier molecular flexibility index (Phi) is 8.65. The summed E-state index contributed by atoms with van der Waals surface area (Å²) >= 11 is 2.76. The van der Waals surface area contributed by atoms with Gasteiger partial charge in [-0.3, -0.25) is 10.1 Å². The monoisotopic (exact) mass is 597 g/mol. The zero-order chi connectivity index (χ0) is 29.8. The first-order valence-electron chi connectivity index (χ1n) is 13.1. The third-order valence-electron chi connectivity index (χ3n) is 6.49. The van der Waals surface area contributed by atoms with Gasteiger partial charge < -0.3 is 14.4 Å². The van der Waals surface area contributed by atoms with Crippen LogP contribution in [0.25, 0.3) is 11.8 Å². The molecule has 1 N–H and O–H groups in total. The van der Waals surface area contributed by atoms with Gasteiger partial charge in [-0.15, -0.1) is 0 Å². The molecule has 1 aliphatic rings. The van der Waals surface area contributed by atoms with Gasteiger partial charge in [-0.05, 0) is 87.0 Å². The quantitative estimate of drug-likeness (QED) is 0.124. The van der Waals surface area contributed by atoms with Gasteiger partial charge in [0.2, 0.25) is 0 Å². The van der Waals surface area contributed by atoms with Crippen LogP contribution in [0.2, 0.25) is 0 Å². The third kappa shape index (κ3) is 6.19. The molecule has 4 aromatic rings. The Labute approximate surface area is 251 Å². The van der Waals surface area contributed by atoms with Crippen LogP contribution < -0.4 is 0 Å². The predicted molar refractivity (Wildman–Crippen MR) is 168 cm³/mol. The number of rotatable bonds is 8. The standard InChI is InChI=1S/C32H27N3O5S2/c1-4-40-32(37)29-30(36)28(42-31(29)33-23-8-6-5-7-9-23)19-22-18-20(2)34(21(22)3)24-10-14-26(15-11-24)41-27-16-12-25(13-17-27)35(38)39/h5-19,36H,4H2,1-3H3/b28-19-,33-31?. The largest absolute Gasteiger partial charge is 0.506 e. The van der Waals surface area contributed by atoms with Crippen molar-refractivity contribution in [1.29, 1.82) is 0 Å². The molecule has 0 bridgehead atoms. The SMILES string of the molecule is CCOC(=O)C1=C(O)/C(=C/c2cc(C)n(-c3ccc(Sc4ccc([N+](=O)[O-])cc4)cc3)c2C)SC1=Nc1ccccc1. The summed E-state index contributed by atoms with van der Waals surface area (Å²) in [6, 6.07) is 25.9. The van der Waals surface area contributed by atoms with Crippen molar-refractivity contribution >= 4 is 52.0 Å². The molecule has 8 nitrogen and oxygen atoms in total. The van der Waals surface area contributed by atoms with Gasteiger partial charge in [0.15, 0.2) is 0 Å². The molecule has 0 fully saturated rings. The highest BCUT2D eigenvalue weighted by Crippen LogP contribution is 2.41. The van der Waals surface area contributed by atoms with E-state index < -0.39 is 10.9 Å². The number of aliphatic hydroxyl groups is 1. The van der Waals surface area contributed by atoms with Crippen molar-refractivity contribution in [2.75, 3.05) is 6.61 Å². The minimum Gasteiger partial charge on any atom is -0.506 e. The number of hydrogen-bond acceptors (Lipinski definition) is 8. The molecular weight excluding hydrogens is 571 g/mol. The fourth-order valence-corrected chi connectivity index (χ4v) is 6.36. The van der Waals surface area contributed by atoms with Crippen LogP contribution in [-0.4, -0.2) is 32.2 Å². The normalized spacial score (nSPS) is 15.0. The number of ether oxygens (including phenoxy) is 1. The van der Waals surface area contributed by atoms with E-state index in [-0.39, 0.29) is 23.6 Å². The number of nitro groups is 1. The Morgan fingerprint density at radius 3 is 2.31 bits per heavy atom. The van der Waals surface area contributed by atoms with Gasteiger partial charge in [-0.25, -0.2) is 9.79 Å². The minimum absolute atomic E-state index is 0.0619. The van der Waals surface area contributed by atoms with Crippen LogP contribution in [0, 0.1) is 24.0 Å². The van der Waals surface area contributed by atoms with E-state index in [4.69, 9.17) is 4.74 Å². The smallest absolute Gasteiger partial charge is 0.344 e. The molecule has 0 atom stereocenters. The molecule has 3 aromatic carbocycles. The summed E-state index contributed by atoms with van der Waals surface area (Å²) in [5.41, 5.74) is 4.64. The number of benzene rings is 3. The number of esters is 1. The van der Waals surface area contributed by atoms with Crippen molar-refractivity contribution in [3.05, 3.63) is 128 Å². The maximum Gasteiger partial charge on any atom is 0.344 e. The zero-order valence-electron chi connectivity index (χ0n) is 23.1. The number of nitro benzene ring substituents is 1. The number of hydrogen-bond donors (Lipinski definition) is 1. The Bertz CT molecular complexity index is 1740. The molecule has 0 aliphatic carbocycles.